The molecule has 178 valence electrons. The number of ether oxygens (including phenoxy) is 2. The molecular weight excluding hydrogens is 416 g/mol. The molecule has 0 amide bonds. The molecule has 0 spiro atoms. The number of hydrogen-bond donors (Lipinski definition) is 4. The van der Waals surface area contributed by atoms with Gasteiger partial charge in [0.15, 0.2) is 5.78 Å². The van der Waals surface area contributed by atoms with Crippen LogP contribution in [0.5, 0.6) is 0 Å². The molecule has 3 rings (SSSR count). The maximum absolute atomic E-state index is 12.4. The lowest BCUT2D eigenvalue weighted by atomic mass is 9.85. The van der Waals surface area contributed by atoms with Crippen molar-refractivity contribution in [1.82, 2.24) is 4.98 Å². The van der Waals surface area contributed by atoms with Crippen molar-refractivity contribution in [3.05, 3.63) is 30.0 Å². The molecule has 1 aromatic rings. The first-order valence-corrected chi connectivity index (χ1v) is 11.0. The summed E-state index contributed by atoms with van der Waals surface area (Å²) < 4.78 is 11.3. The number of nitrogens with zero attached hydrogens (tertiary/aromatic N) is 2. The fraction of sp³-hybridized carbons (Fsp3) is 0.652. The number of ketones is 1. The van der Waals surface area contributed by atoms with Crippen LogP contribution >= 0.6 is 0 Å². The van der Waals surface area contributed by atoms with E-state index >= 15 is 0 Å². The van der Waals surface area contributed by atoms with Gasteiger partial charge in [0.25, 0.3) is 0 Å². The number of carbonyl (C=O) groups excluding carboxylic acids is 1. The minimum absolute atomic E-state index is 0.00862. The van der Waals surface area contributed by atoms with E-state index in [9.17, 15) is 25.2 Å². The smallest absolute Gasteiger partial charge is 0.162 e. The van der Waals surface area contributed by atoms with Crippen LogP contribution in [-0.2, 0) is 14.3 Å². The predicted molar refractivity (Wildman–Crippen MR) is 118 cm³/mol. The summed E-state index contributed by atoms with van der Waals surface area (Å²) in [5.41, 5.74) is 0.402. The molecule has 2 aliphatic heterocycles. The zero-order valence-electron chi connectivity index (χ0n) is 19.0. The fourth-order valence-electron chi connectivity index (χ4n) is 4.01. The summed E-state index contributed by atoms with van der Waals surface area (Å²) in [4.78, 5) is 18.4. The van der Waals surface area contributed by atoms with E-state index in [1.807, 2.05) is 25.9 Å². The highest BCUT2D eigenvalue weighted by Crippen LogP contribution is 2.38. The van der Waals surface area contributed by atoms with Crippen molar-refractivity contribution in [2.75, 3.05) is 25.6 Å². The van der Waals surface area contributed by atoms with Crippen LogP contribution in [0.2, 0.25) is 0 Å². The van der Waals surface area contributed by atoms with E-state index in [4.69, 9.17) is 9.47 Å². The number of aliphatic hydroxyl groups excluding tert-OH is 4. The second kappa shape index (κ2) is 10.3. The number of carbonyl (C=O) groups is 1. The summed E-state index contributed by atoms with van der Waals surface area (Å²) in [6, 6.07) is 3.39. The lowest BCUT2D eigenvalue weighted by molar-refractivity contribution is -0.169. The Morgan fingerprint density at radius 3 is 2.56 bits per heavy atom. The standard InChI is InChI=1S/C23H34N2O7/c1-12(13(2)26)23-19(32-23)7-15-11-31-18(22(30)21(15)29)9-16(27)8-17(28)14-5-6-20(24-10-14)25(3)4/h5-6,8,10,12-13,15,18-19,21-23,26,28-30H,7,9,11H2,1-4H3/b17-8-/t12-,13-,15-,18-,19-,21+,22-,23-/m0/s1. The Kier molecular flexibility index (Phi) is 7.89. The average molecular weight is 451 g/mol. The van der Waals surface area contributed by atoms with Crippen LogP contribution in [0.1, 0.15) is 32.3 Å². The third-order valence-corrected chi connectivity index (χ3v) is 6.38. The first kappa shape index (κ1) is 24.6. The molecule has 2 fully saturated rings. The van der Waals surface area contributed by atoms with Crippen LogP contribution in [0.25, 0.3) is 5.76 Å². The molecule has 0 aromatic carbocycles. The van der Waals surface area contributed by atoms with E-state index in [-0.39, 0.29) is 42.8 Å². The Bertz CT molecular complexity index is 811. The van der Waals surface area contributed by atoms with Gasteiger partial charge in [0, 0.05) is 50.2 Å². The van der Waals surface area contributed by atoms with Gasteiger partial charge in [-0.05, 0) is 25.5 Å². The molecule has 3 heterocycles. The minimum atomic E-state index is -1.22. The Balaban J connectivity index is 1.51. The number of hydrogen-bond acceptors (Lipinski definition) is 9. The maximum Gasteiger partial charge on any atom is 0.162 e. The minimum Gasteiger partial charge on any atom is -0.507 e. The van der Waals surface area contributed by atoms with Crippen molar-refractivity contribution in [3.8, 4) is 0 Å². The predicted octanol–water partition coefficient (Wildman–Crippen LogP) is 0.917. The van der Waals surface area contributed by atoms with Crippen molar-refractivity contribution in [2.45, 2.75) is 63.3 Å². The highest BCUT2D eigenvalue weighted by molar-refractivity contribution is 5.95. The summed E-state index contributed by atoms with van der Waals surface area (Å²) in [5, 5.41) is 40.9. The van der Waals surface area contributed by atoms with E-state index < -0.39 is 30.2 Å². The quantitative estimate of drug-likeness (QED) is 0.246. The monoisotopic (exact) mass is 450 g/mol. The number of aliphatic hydroxyl groups is 4. The van der Waals surface area contributed by atoms with Gasteiger partial charge in [0.1, 0.15) is 17.7 Å². The fourth-order valence-corrected chi connectivity index (χ4v) is 4.01. The summed E-state index contributed by atoms with van der Waals surface area (Å²) in [6.45, 7) is 3.82. The molecule has 0 saturated carbocycles. The van der Waals surface area contributed by atoms with Gasteiger partial charge >= 0.3 is 0 Å². The third kappa shape index (κ3) is 5.85. The van der Waals surface area contributed by atoms with Crippen molar-refractivity contribution in [2.24, 2.45) is 11.8 Å². The van der Waals surface area contributed by atoms with E-state index in [2.05, 4.69) is 4.98 Å². The second-order valence-corrected chi connectivity index (χ2v) is 9.09. The van der Waals surface area contributed by atoms with Gasteiger partial charge in [0.05, 0.1) is 37.1 Å². The molecule has 0 unspecified atom stereocenters. The molecule has 0 radical (unpaired) electrons. The summed E-state index contributed by atoms with van der Waals surface area (Å²) >= 11 is 0. The Morgan fingerprint density at radius 2 is 1.97 bits per heavy atom. The Labute approximate surface area is 188 Å². The van der Waals surface area contributed by atoms with Gasteiger partial charge in [-0.3, -0.25) is 4.79 Å². The summed E-state index contributed by atoms with van der Waals surface area (Å²) in [5.74, 6) is -0.257. The lowest BCUT2D eigenvalue weighted by Crippen LogP contribution is -2.51. The number of aromatic nitrogens is 1. The Hall–Kier alpha value is -2.04. The van der Waals surface area contributed by atoms with Crippen molar-refractivity contribution in [1.29, 1.82) is 0 Å². The van der Waals surface area contributed by atoms with Gasteiger partial charge in [0.2, 0.25) is 0 Å². The zero-order valence-corrected chi connectivity index (χ0v) is 19.0. The molecule has 0 aliphatic carbocycles. The molecule has 1 aromatic heterocycles. The van der Waals surface area contributed by atoms with Crippen LogP contribution in [-0.4, -0.2) is 88.5 Å². The number of anilines is 1. The van der Waals surface area contributed by atoms with Crippen LogP contribution in [0.4, 0.5) is 5.82 Å². The van der Waals surface area contributed by atoms with Crippen molar-refractivity contribution in [3.63, 3.8) is 0 Å². The molecule has 9 heteroatoms. The van der Waals surface area contributed by atoms with Crippen LogP contribution in [0, 0.1) is 11.8 Å². The molecule has 0 bridgehead atoms. The van der Waals surface area contributed by atoms with Gasteiger partial charge < -0.3 is 34.8 Å². The molecule has 2 saturated heterocycles. The van der Waals surface area contributed by atoms with Crippen molar-refractivity contribution >= 4 is 17.4 Å². The molecule has 32 heavy (non-hydrogen) atoms. The van der Waals surface area contributed by atoms with Gasteiger partial charge in [-0.25, -0.2) is 4.98 Å². The van der Waals surface area contributed by atoms with Crippen LogP contribution in [0.15, 0.2) is 24.4 Å². The molecule has 2 aliphatic rings. The van der Waals surface area contributed by atoms with Gasteiger partial charge in [-0.2, -0.15) is 0 Å². The van der Waals surface area contributed by atoms with E-state index in [0.29, 0.717) is 12.0 Å². The van der Waals surface area contributed by atoms with Crippen LogP contribution in [0.3, 0.4) is 0 Å². The maximum atomic E-state index is 12.4. The average Bonchev–Trinajstić information content (AvgIpc) is 3.51. The zero-order chi connectivity index (χ0) is 23.6. The summed E-state index contributed by atoms with van der Waals surface area (Å²) in [6.07, 6.45) is -0.856. The van der Waals surface area contributed by atoms with E-state index in [0.717, 1.165) is 11.9 Å². The topological polar surface area (TPSA) is 136 Å². The first-order chi connectivity index (χ1) is 15.1. The SMILES string of the molecule is C[C@H]([C@@H]1O[C@H]1C[C@H]1CO[C@@H](CC(=O)/C=C(\O)c2ccc(N(C)C)nc2)[C@H](O)[C@@H]1O)[C@H](C)O. The number of epoxide rings is 1. The van der Waals surface area contributed by atoms with Crippen molar-refractivity contribution < 1.29 is 34.7 Å². The number of pyridine rings is 1. The van der Waals surface area contributed by atoms with Crippen LogP contribution < -0.4 is 4.90 Å². The normalized spacial score (nSPS) is 32.3. The van der Waals surface area contributed by atoms with Gasteiger partial charge in [-0.15, -0.1) is 0 Å². The molecular formula is C23H34N2O7. The first-order valence-electron chi connectivity index (χ1n) is 11.0. The molecule has 9 nitrogen and oxygen atoms in total. The largest absolute Gasteiger partial charge is 0.507 e. The number of rotatable bonds is 9. The van der Waals surface area contributed by atoms with E-state index in [1.165, 1.54) is 6.20 Å². The highest BCUT2D eigenvalue weighted by atomic mass is 16.6. The lowest BCUT2D eigenvalue weighted by Gasteiger charge is -2.37. The third-order valence-electron chi connectivity index (χ3n) is 6.38. The van der Waals surface area contributed by atoms with E-state index in [1.54, 1.807) is 19.1 Å². The number of allylic oxidation sites excluding steroid dienone is 1. The Morgan fingerprint density at radius 1 is 1.25 bits per heavy atom. The second-order valence-electron chi connectivity index (χ2n) is 9.09. The highest BCUT2D eigenvalue weighted by Gasteiger charge is 2.48. The van der Waals surface area contributed by atoms with Gasteiger partial charge in [-0.1, -0.05) is 6.92 Å². The summed E-state index contributed by atoms with van der Waals surface area (Å²) in [7, 11) is 3.70. The molecule has 8 atom stereocenters. The molecule has 4 N–H and O–H groups in total.